The first-order chi connectivity index (χ1) is 18.3. The summed E-state index contributed by atoms with van der Waals surface area (Å²) in [4.78, 5) is 31.8. The van der Waals surface area contributed by atoms with Gasteiger partial charge in [-0.15, -0.1) is 0 Å². The quantitative estimate of drug-likeness (QED) is 0.374. The number of nitrogens with two attached hydrogens (primary N) is 1. The van der Waals surface area contributed by atoms with Crippen molar-refractivity contribution < 1.29 is 22.8 Å². The minimum atomic E-state index is -0.766. The average molecular weight is 515 g/mol. The number of benzene rings is 2. The van der Waals surface area contributed by atoms with Crippen LogP contribution in [0, 0.1) is 11.6 Å². The molecule has 11 heteroatoms. The molecule has 0 unspecified atom stereocenters. The van der Waals surface area contributed by atoms with Gasteiger partial charge in [-0.2, -0.15) is 10.1 Å². The van der Waals surface area contributed by atoms with Crippen LogP contribution in [0.1, 0.15) is 51.2 Å². The van der Waals surface area contributed by atoms with Crippen LogP contribution in [-0.2, 0) is 13.0 Å². The Labute approximate surface area is 213 Å². The highest BCUT2D eigenvalue weighted by molar-refractivity contribution is 5.99. The number of aromatic amines is 1. The molecule has 4 heterocycles. The van der Waals surface area contributed by atoms with Crippen LogP contribution in [0.3, 0.4) is 0 Å². The molecule has 0 saturated heterocycles. The number of carbonyl (C=O) groups is 1. The van der Waals surface area contributed by atoms with Gasteiger partial charge >= 0.3 is 5.76 Å². The van der Waals surface area contributed by atoms with Gasteiger partial charge in [0.2, 0.25) is 0 Å². The molecule has 0 aliphatic carbocycles. The van der Waals surface area contributed by atoms with E-state index < -0.39 is 23.3 Å². The number of primary amides is 1. The lowest BCUT2D eigenvalue weighted by molar-refractivity contribution is 0.0995. The number of allylic oxidation sites excluding steroid dienone is 1. The third-order valence-electron chi connectivity index (χ3n) is 6.50. The highest BCUT2D eigenvalue weighted by Crippen LogP contribution is 2.41. The molecule has 3 aromatic heterocycles. The Morgan fingerprint density at radius 1 is 1.08 bits per heavy atom. The number of ether oxygens (including phenoxy) is 1. The highest BCUT2D eigenvalue weighted by Gasteiger charge is 2.25. The van der Waals surface area contributed by atoms with E-state index in [1.807, 2.05) is 18.2 Å². The van der Waals surface area contributed by atoms with E-state index in [0.29, 0.717) is 28.2 Å². The van der Waals surface area contributed by atoms with Gasteiger partial charge in [0.15, 0.2) is 11.5 Å². The second kappa shape index (κ2) is 8.80. The van der Waals surface area contributed by atoms with Crippen molar-refractivity contribution in [1.29, 1.82) is 0 Å². The van der Waals surface area contributed by atoms with Crippen molar-refractivity contribution in [3.8, 4) is 5.75 Å². The molecule has 3 N–H and O–H groups in total. The summed E-state index contributed by atoms with van der Waals surface area (Å²) < 4.78 is 40.2. The summed E-state index contributed by atoms with van der Waals surface area (Å²) in [5, 5.41) is 2.52. The van der Waals surface area contributed by atoms with Gasteiger partial charge in [0.05, 0.1) is 5.69 Å². The SMILES string of the molecule is C/C(=C1/c2ccc(Cc3c(C(N)=O)nc4cc(F)ccn34)cc2COc2cc(F)ccc21)c1nc(=O)o[nH]1. The maximum absolute atomic E-state index is 14.1. The molecule has 0 fully saturated rings. The van der Waals surface area contributed by atoms with Crippen molar-refractivity contribution in [3.05, 3.63) is 116 Å². The van der Waals surface area contributed by atoms with Gasteiger partial charge in [-0.05, 0) is 47.4 Å². The molecule has 0 radical (unpaired) electrons. The molecule has 5 aromatic rings. The van der Waals surface area contributed by atoms with Crippen LogP contribution in [0.15, 0.2) is 64.0 Å². The number of imidazole rings is 1. The first kappa shape index (κ1) is 23.3. The Morgan fingerprint density at radius 2 is 1.87 bits per heavy atom. The Balaban J connectivity index is 1.49. The van der Waals surface area contributed by atoms with Crippen LogP contribution >= 0.6 is 0 Å². The summed E-state index contributed by atoms with van der Waals surface area (Å²) in [5.74, 6) is -1.85. The van der Waals surface area contributed by atoms with Crippen molar-refractivity contribution in [1.82, 2.24) is 19.5 Å². The molecule has 0 atom stereocenters. The fraction of sp³-hybridized carbons (Fsp3) is 0.111. The van der Waals surface area contributed by atoms with Crippen LogP contribution in [0.5, 0.6) is 5.75 Å². The van der Waals surface area contributed by atoms with Gasteiger partial charge in [-0.1, -0.05) is 18.2 Å². The number of halogens is 2. The monoisotopic (exact) mass is 515 g/mol. The van der Waals surface area contributed by atoms with Crippen LogP contribution in [0.2, 0.25) is 0 Å². The van der Waals surface area contributed by atoms with Crippen molar-refractivity contribution in [2.75, 3.05) is 0 Å². The lowest BCUT2D eigenvalue weighted by Gasteiger charge is -2.14. The van der Waals surface area contributed by atoms with Crippen molar-refractivity contribution in [2.24, 2.45) is 5.73 Å². The summed E-state index contributed by atoms with van der Waals surface area (Å²) in [5.41, 5.74) is 10.7. The largest absolute Gasteiger partial charge is 0.488 e. The number of hydrogen-bond acceptors (Lipinski definition) is 6. The summed E-state index contributed by atoms with van der Waals surface area (Å²) in [7, 11) is 0. The third-order valence-corrected chi connectivity index (χ3v) is 6.50. The average Bonchev–Trinajstić information content (AvgIpc) is 3.43. The molecule has 0 bridgehead atoms. The number of amides is 1. The fourth-order valence-electron chi connectivity index (χ4n) is 4.78. The van der Waals surface area contributed by atoms with Gasteiger partial charge in [0.1, 0.15) is 29.6 Å². The van der Waals surface area contributed by atoms with Crippen LogP contribution in [0.25, 0.3) is 16.8 Å². The predicted molar refractivity (Wildman–Crippen MR) is 132 cm³/mol. The predicted octanol–water partition coefficient (Wildman–Crippen LogP) is 3.85. The molecule has 6 rings (SSSR count). The zero-order valence-electron chi connectivity index (χ0n) is 19.9. The van der Waals surface area contributed by atoms with Crippen molar-refractivity contribution in [3.63, 3.8) is 0 Å². The molecule has 0 spiro atoms. The molecule has 1 aliphatic heterocycles. The van der Waals surface area contributed by atoms with E-state index in [1.54, 1.807) is 17.4 Å². The van der Waals surface area contributed by atoms with Crippen LogP contribution < -0.4 is 16.2 Å². The molecule has 9 nitrogen and oxygen atoms in total. The maximum atomic E-state index is 14.1. The number of aromatic nitrogens is 4. The Morgan fingerprint density at radius 3 is 2.63 bits per heavy atom. The first-order valence-electron chi connectivity index (χ1n) is 11.6. The molecular formula is C27H19F2N5O4. The summed E-state index contributed by atoms with van der Waals surface area (Å²) in [6.07, 6.45) is 1.77. The fourth-order valence-corrected chi connectivity index (χ4v) is 4.78. The molecule has 0 saturated carbocycles. The van der Waals surface area contributed by atoms with Crippen molar-refractivity contribution >= 4 is 22.7 Å². The lowest BCUT2D eigenvalue weighted by Crippen LogP contribution is -2.14. The summed E-state index contributed by atoms with van der Waals surface area (Å²) >= 11 is 0. The number of hydrogen-bond donors (Lipinski definition) is 2. The Hall–Kier alpha value is -5.06. The van der Waals surface area contributed by atoms with Gasteiger partial charge in [0, 0.05) is 35.9 Å². The lowest BCUT2D eigenvalue weighted by atomic mass is 9.89. The van der Waals surface area contributed by atoms with E-state index in [4.69, 9.17) is 15.0 Å². The van der Waals surface area contributed by atoms with Gasteiger partial charge in [-0.3, -0.25) is 4.79 Å². The van der Waals surface area contributed by atoms with E-state index in [1.165, 1.54) is 30.5 Å². The summed E-state index contributed by atoms with van der Waals surface area (Å²) in [6, 6.07) is 12.4. The molecule has 2 aromatic carbocycles. The van der Waals surface area contributed by atoms with Crippen molar-refractivity contribution in [2.45, 2.75) is 20.0 Å². The first-order valence-corrected chi connectivity index (χ1v) is 11.6. The number of H-pyrrole nitrogens is 1. The second-order valence-corrected chi connectivity index (χ2v) is 8.87. The highest BCUT2D eigenvalue weighted by atomic mass is 19.1. The Bertz CT molecular complexity index is 1850. The minimum Gasteiger partial charge on any atom is -0.488 e. The number of fused-ring (bicyclic) bond motifs is 3. The minimum absolute atomic E-state index is 0.0519. The van der Waals surface area contributed by atoms with E-state index in [-0.39, 0.29) is 30.2 Å². The number of pyridine rings is 1. The molecular weight excluding hydrogens is 496 g/mol. The van der Waals surface area contributed by atoms with Gasteiger partial charge in [0.25, 0.3) is 5.91 Å². The maximum Gasteiger partial charge on any atom is 0.460 e. The van der Waals surface area contributed by atoms with Crippen LogP contribution in [0.4, 0.5) is 8.78 Å². The number of rotatable bonds is 4. The summed E-state index contributed by atoms with van der Waals surface area (Å²) in [6.45, 7) is 1.91. The molecule has 190 valence electrons. The zero-order chi connectivity index (χ0) is 26.6. The molecule has 1 aliphatic rings. The normalized spacial score (nSPS) is 14.0. The Kier molecular flexibility index (Phi) is 5.41. The molecule has 1 amide bonds. The van der Waals surface area contributed by atoms with E-state index in [9.17, 15) is 18.4 Å². The van der Waals surface area contributed by atoms with Gasteiger partial charge < -0.3 is 19.4 Å². The number of carbonyl (C=O) groups excluding carboxylic acids is 1. The second-order valence-electron chi connectivity index (χ2n) is 8.87. The number of nitrogens with zero attached hydrogens (tertiary/aromatic N) is 3. The van der Waals surface area contributed by atoms with E-state index in [2.05, 4.69) is 15.1 Å². The number of nitrogens with one attached hydrogen (secondary N) is 1. The molecule has 38 heavy (non-hydrogen) atoms. The topological polar surface area (TPSA) is 129 Å². The zero-order valence-corrected chi connectivity index (χ0v) is 19.9. The third kappa shape index (κ3) is 3.94. The smallest absolute Gasteiger partial charge is 0.460 e. The van der Waals surface area contributed by atoms with Crippen LogP contribution in [-0.4, -0.2) is 25.4 Å². The van der Waals surface area contributed by atoms with Gasteiger partial charge in [-0.25, -0.2) is 18.6 Å². The van der Waals surface area contributed by atoms with E-state index in [0.717, 1.165) is 16.7 Å². The standard InChI is InChI=1S/C27H19F2N5O4/c1-13(26-32-27(36)38-33-26)23-18-4-2-14(8-15(18)12-37-21-10-16(28)3-5-19(21)23)9-20-24(25(30)35)31-22-11-17(29)6-7-34(20)22/h2-8,10-11H,9,12H2,1H3,(H2,30,35)(H,32,33,36)/b23-13+. The van der Waals surface area contributed by atoms with E-state index >= 15 is 0 Å².